The van der Waals surface area contributed by atoms with E-state index in [-0.39, 0.29) is 10.3 Å². The molecule has 20 heavy (non-hydrogen) atoms. The molecule has 0 radical (unpaired) electrons. The molecule has 0 aliphatic carbocycles. The molecule has 1 rings (SSSR count). The third kappa shape index (κ3) is 4.77. The molecular weight excluding hydrogens is 274 g/mol. The fourth-order valence-electron chi connectivity index (χ4n) is 2.19. The topological polar surface area (TPSA) is 61.4 Å². The Balaban J connectivity index is 2.86. The molecule has 0 bridgehead atoms. The summed E-state index contributed by atoms with van der Waals surface area (Å²) in [6.07, 6.45) is 0. The predicted molar refractivity (Wildman–Crippen MR) is 83.5 cm³/mol. The minimum atomic E-state index is -3.50. The van der Waals surface area contributed by atoms with Crippen molar-refractivity contribution in [1.29, 1.82) is 0 Å². The van der Waals surface area contributed by atoms with E-state index < -0.39 is 10.0 Å². The largest absolute Gasteiger partial charge is 0.387 e. The number of nitrogens with zero attached hydrogens (tertiary/aromatic N) is 1. The van der Waals surface area contributed by atoms with Crippen LogP contribution in [0.2, 0.25) is 0 Å². The molecule has 0 saturated heterocycles. The zero-order valence-corrected chi connectivity index (χ0v) is 13.7. The lowest BCUT2D eigenvalue weighted by Gasteiger charge is -2.28. The SMILES string of the molecule is CNc1ccccc1S(=O)(=O)NCC(C)(C)CN(C)C. The lowest BCUT2D eigenvalue weighted by Crippen LogP contribution is -2.40. The van der Waals surface area contributed by atoms with Crippen LogP contribution in [0.15, 0.2) is 29.2 Å². The molecule has 0 spiro atoms. The number of hydrogen-bond donors (Lipinski definition) is 2. The van der Waals surface area contributed by atoms with Crippen LogP contribution >= 0.6 is 0 Å². The maximum absolute atomic E-state index is 12.4. The molecule has 0 heterocycles. The van der Waals surface area contributed by atoms with Crippen molar-refractivity contribution in [2.24, 2.45) is 5.41 Å². The molecule has 0 saturated carbocycles. The van der Waals surface area contributed by atoms with Crippen LogP contribution in [0, 0.1) is 5.41 Å². The van der Waals surface area contributed by atoms with E-state index in [1.54, 1.807) is 31.3 Å². The molecule has 2 N–H and O–H groups in total. The summed E-state index contributed by atoms with van der Waals surface area (Å²) in [5.74, 6) is 0. The zero-order valence-electron chi connectivity index (χ0n) is 12.9. The van der Waals surface area contributed by atoms with Crippen LogP contribution in [0.3, 0.4) is 0 Å². The Morgan fingerprint density at radius 3 is 2.35 bits per heavy atom. The van der Waals surface area contributed by atoms with Gasteiger partial charge in [0.2, 0.25) is 10.0 Å². The third-order valence-electron chi connectivity index (χ3n) is 2.93. The lowest BCUT2D eigenvalue weighted by atomic mass is 9.93. The average Bonchev–Trinajstić information content (AvgIpc) is 2.35. The van der Waals surface area contributed by atoms with Crippen LogP contribution in [0.4, 0.5) is 5.69 Å². The van der Waals surface area contributed by atoms with Gasteiger partial charge in [0.05, 0.1) is 5.69 Å². The molecule has 0 amide bonds. The maximum atomic E-state index is 12.4. The van der Waals surface area contributed by atoms with Gasteiger partial charge in [0, 0.05) is 20.1 Å². The molecule has 0 unspecified atom stereocenters. The fourth-order valence-corrected chi connectivity index (χ4v) is 3.64. The summed E-state index contributed by atoms with van der Waals surface area (Å²) in [6.45, 7) is 5.29. The second-order valence-electron chi connectivity index (χ2n) is 5.97. The number of rotatable bonds is 7. The Kier molecular flexibility index (Phi) is 5.56. The minimum absolute atomic E-state index is 0.134. The summed E-state index contributed by atoms with van der Waals surface area (Å²) in [7, 11) is 2.17. The molecule has 1 aromatic carbocycles. The number of anilines is 1. The van der Waals surface area contributed by atoms with Crippen LogP contribution in [-0.2, 0) is 10.0 Å². The molecule has 0 fully saturated rings. The zero-order chi connectivity index (χ0) is 15.4. The first-order valence-electron chi connectivity index (χ1n) is 6.59. The first-order chi connectivity index (χ1) is 9.18. The Bertz CT molecular complexity index is 539. The molecular formula is C14H25N3O2S. The van der Waals surface area contributed by atoms with Crippen molar-refractivity contribution >= 4 is 15.7 Å². The standard InChI is InChI=1S/C14H25N3O2S/c1-14(2,11-17(4)5)10-16-20(18,19)13-9-7-6-8-12(13)15-3/h6-9,15-16H,10-11H2,1-5H3. The van der Waals surface area contributed by atoms with E-state index in [1.807, 2.05) is 27.9 Å². The highest BCUT2D eigenvalue weighted by Gasteiger charge is 2.24. The van der Waals surface area contributed by atoms with Crippen LogP contribution in [0.1, 0.15) is 13.8 Å². The molecule has 1 aromatic rings. The Morgan fingerprint density at radius 1 is 1.20 bits per heavy atom. The number of sulfonamides is 1. The van der Waals surface area contributed by atoms with E-state index in [2.05, 4.69) is 14.9 Å². The summed E-state index contributed by atoms with van der Waals surface area (Å²) in [5, 5.41) is 2.90. The van der Waals surface area contributed by atoms with Crippen molar-refractivity contribution in [2.45, 2.75) is 18.7 Å². The van der Waals surface area contributed by atoms with Crippen molar-refractivity contribution in [3.05, 3.63) is 24.3 Å². The molecule has 0 aliphatic heterocycles. The van der Waals surface area contributed by atoms with E-state index in [0.717, 1.165) is 6.54 Å². The minimum Gasteiger partial charge on any atom is -0.387 e. The molecule has 0 aromatic heterocycles. The maximum Gasteiger partial charge on any atom is 0.242 e. The van der Waals surface area contributed by atoms with Gasteiger partial charge in [-0.25, -0.2) is 13.1 Å². The van der Waals surface area contributed by atoms with Crippen molar-refractivity contribution < 1.29 is 8.42 Å². The monoisotopic (exact) mass is 299 g/mol. The Labute approximate surface area is 122 Å². The van der Waals surface area contributed by atoms with Gasteiger partial charge in [-0.15, -0.1) is 0 Å². The van der Waals surface area contributed by atoms with Crippen LogP contribution in [-0.4, -0.2) is 47.6 Å². The van der Waals surface area contributed by atoms with Gasteiger partial charge >= 0.3 is 0 Å². The van der Waals surface area contributed by atoms with Gasteiger partial charge in [-0.2, -0.15) is 0 Å². The summed E-state index contributed by atoms with van der Waals surface area (Å²) in [6, 6.07) is 6.88. The van der Waals surface area contributed by atoms with Crippen molar-refractivity contribution in [1.82, 2.24) is 9.62 Å². The summed E-state index contributed by atoms with van der Waals surface area (Å²) < 4.78 is 27.5. The highest BCUT2D eigenvalue weighted by molar-refractivity contribution is 7.89. The predicted octanol–water partition coefficient (Wildman–Crippen LogP) is 1.59. The van der Waals surface area contributed by atoms with Crippen molar-refractivity contribution in [2.75, 3.05) is 39.5 Å². The second kappa shape index (κ2) is 6.56. The van der Waals surface area contributed by atoms with Gasteiger partial charge in [-0.3, -0.25) is 0 Å². The number of hydrogen-bond acceptors (Lipinski definition) is 4. The Morgan fingerprint density at radius 2 is 1.80 bits per heavy atom. The molecule has 0 aliphatic rings. The van der Waals surface area contributed by atoms with Gasteiger partial charge in [0.15, 0.2) is 0 Å². The van der Waals surface area contributed by atoms with Gasteiger partial charge in [0.25, 0.3) is 0 Å². The normalized spacial score (nSPS) is 12.7. The lowest BCUT2D eigenvalue weighted by molar-refractivity contribution is 0.242. The number of nitrogens with one attached hydrogen (secondary N) is 2. The highest BCUT2D eigenvalue weighted by Crippen LogP contribution is 2.21. The van der Waals surface area contributed by atoms with E-state index >= 15 is 0 Å². The molecule has 0 atom stereocenters. The number of benzene rings is 1. The average molecular weight is 299 g/mol. The quantitative estimate of drug-likeness (QED) is 0.803. The van der Waals surface area contributed by atoms with Crippen LogP contribution in [0.5, 0.6) is 0 Å². The second-order valence-corrected chi connectivity index (χ2v) is 7.71. The molecule has 114 valence electrons. The third-order valence-corrected chi connectivity index (χ3v) is 4.39. The first-order valence-corrected chi connectivity index (χ1v) is 8.07. The summed E-state index contributed by atoms with van der Waals surface area (Å²) >= 11 is 0. The Hall–Kier alpha value is -1.11. The van der Waals surface area contributed by atoms with Crippen LogP contribution in [0.25, 0.3) is 0 Å². The number of para-hydroxylation sites is 1. The van der Waals surface area contributed by atoms with Crippen LogP contribution < -0.4 is 10.0 Å². The molecule has 5 nitrogen and oxygen atoms in total. The van der Waals surface area contributed by atoms with Gasteiger partial charge in [-0.1, -0.05) is 26.0 Å². The summed E-state index contributed by atoms with van der Waals surface area (Å²) in [5.41, 5.74) is 0.468. The van der Waals surface area contributed by atoms with E-state index in [4.69, 9.17) is 0 Å². The summed E-state index contributed by atoms with van der Waals surface area (Å²) in [4.78, 5) is 2.33. The van der Waals surface area contributed by atoms with E-state index in [0.29, 0.717) is 12.2 Å². The first kappa shape index (κ1) is 16.9. The van der Waals surface area contributed by atoms with E-state index in [9.17, 15) is 8.42 Å². The van der Waals surface area contributed by atoms with Gasteiger partial charge < -0.3 is 10.2 Å². The van der Waals surface area contributed by atoms with Gasteiger partial charge in [-0.05, 0) is 31.6 Å². The van der Waals surface area contributed by atoms with E-state index in [1.165, 1.54) is 0 Å². The fraction of sp³-hybridized carbons (Fsp3) is 0.571. The van der Waals surface area contributed by atoms with Crippen molar-refractivity contribution in [3.8, 4) is 0 Å². The van der Waals surface area contributed by atoms with Gasteiger partial charge in [0.1, 0.15) is 4.90 Å². The highest BCUT2D eigenvalue weighted by atomic mass is 32.2. The smallest absolute Gasteiger partial charge is 0.242 e. The van der Waals surface area contributed by atoms with Crippen molar-refractivity contribution in [3.63, 3.8) is 0 Å². The molecule has 6 heteroatoms.